The summed E-state index contributed by atoms with van der Waals surface area (Å²) in [7, 11) is 1.76. The van der Waals surface area contributed by atoms with E-state index in [0.717, 1.165) is 6.42 Å². The molecule has 1 aliphatic rings. The van der Waals surface area contributed by atoms with Crippen LogP contribution in [0.1, 0.15) is 25.0 Å². The summed E-state index contributed by atoms with van der Waals surface area (Å²) in [5, 5.41) is 9.43. The fourth-order valence-corrected chi connectivity index (χ4v) is 2.23. The molecule has 0 aromatic heterocycles. The fourth-order valence-electron chi connectivity index (χ4n) is 2.23. The highest BCUT2D eigenvalue weighted by Gasteiger charge is 2.21. The summed E-state index contributed by atoms with van der Waals surface area (Å²) in [4.78, 5) is 15.2. The molecule has 1 saturated heterocycles. The molecule has 0 bridgehead atoms. The molecule has 104 valence electrons. The maximum Gasteiger partial charge on any atom is 0.241 e. The Kier molecular flexibility index (Phi) is 4.04. The number of hydrogen-bond donors (Lipinski definition) is 1. The van der Waals surface area contributed by atoms with Crippen molar-refractivity contribution in [1.29, 1.82) is 0 Å². The third-order valence-electron chi connectivity index (χ3n) is 3.47. The Labute approximate surface area is 112 Å². The lowest BCUT2D eigenvalue weighted by atomic mass is 10.1. The van der Waals surface area contributed by atoms with Gasteiger partial charge in [0.15, 0.2) is 0 Å². The van der Waals surface area contributed by atoms with Gasteiger partial charge >= 0.3 is 0 Å². The molecule has 1 aromatic rings. The van der Waals surface area contributed by atoms with E-state index >= 15 is 0 Å². The van der Waals surface area contributed by atoms with E-state index in [4.69, 9.17) is 0 Å². The highest BCUT2D eigenvalue weighted by molar-refractivity contribution is 5.81. The van der Waals surface area contributed by atoms with Crippen LogP contribution in [-0.2, 0) is 4.79 Å². The van der Waals surface area contributed by atoms with E-state index in [0.29, 0.717) is 24.3 Å². The van der Waals surface area contributed by atoms with Crippen LogP contribution in [-0.4, -0.2) is 42.6 Å². The van der Waals surface area contributed by atoms with E-state index < -0.39 is 11.9 Å². The minimum atomic E-state index is -0.694. The summed E-state index contributed by atoms with van der Waals surface area (Å²) < 4.78 is 14.1. The quantitative estimate of drug-likeness (QED) is 0.883. The van der Waals surface area contributed by atoms with E-state index in [1.807, 2.05) is 0 Å². The first-order chi connectivity index (χ1) is 8.99. The summed E-state index contributed by atoms with van der Waals surface area (Å²) in [5.74, 6) is -0.396. The van der Waals surface area contributed by atoms with Crippen LogP contribution in [0.2, 0.25) is 0 Å². The number of nitrogens with zero attached hydrogens (tertiary/aromatic N) is 2. The Bertz CT molecular complexity index is 477. The lowest BCUT2D eigenvalue weighted by Gasteiger charge is -2.23. The van der Waals surface area contributed by atoms with Crippen molar-refractivity contribution in [2.45, 2.75) is 19.4 Å². The van der Waals surface area contributed by atoms with Gasteiger partial charge in [-0.3, -0.25) is 4.79 Å². The Morgan fingerprint density at radius 2 is 2.11 bits per heavy atom. The molecular weight excluding hydrogens is 247 g/mol. The Balaban J connectivity index is 2.24. The van der Waals surface area contributed by atoms with E-state index in [-0.39, 0.29) is 12.5 Å². The number of likely N-dealkylation sites (N-methyl/N-ethyl adjacent to an activating group) is 1. The Morgan fingerprint density at radius 1 is 1.37 bits per heavy atom. The van der Waals surface area contributed by atoms with Crippen LogP contribution in [0.3, 0.4) is 0 Å². The number of hydrogen-bond acceptors (Lipinski definition) is 3. The fraction of sp³-hybridized carbons (Fsp3) is 0.500. The van der Waals surface area contributed by atoms with E-state index in [1.54, 1.807) is 35.9 Å². The molecule has 1 N–H and O–H groups in total. The third kappa shape index (κ3) is 3.04. The minimum Gasteiger partial charge on any atom is -0.389 e. The molecule has 1 atom stereocenters. The standard InChI is InChI=1S/C14H19FN2O2/c1-10(18)11-4-5-13(12(15)8-11)17-7-3-6-16(2)14(19)9-17/h4-5,8,10,18H,3,6-7,9H2,1-2H3. The van der Waals surface area contributed by atoms with E-state index in [1.165, 1.54) is 6.07 Å². The molecule has 1 aliphatic heterocycles. The summed E-state index contributed by atoms with van der Waals surface area (Å²) in [5.41, 5.74) is 0.965. The van der Waals surface area contributed by atoms with Gasteiger partial charge in [-0.05, 0) is 31.0 Å². The van der Waals surface area contributed by atoms with Gasteiger partial charge in [0.1, 0.15) is 5.82 Å². The van der Waals surface area contributed by atoms with E-state index in [9.17, 15) is 14.3 Å². The summed E-state index contributed by atoms with van der Waals surface area (Å²) in [6.45, 7) is 3.14. The number of aliphatic hydroxyl groups is 1. The van der Waals surface area contributed by atoms with Crippen molar-refractivity contribution in [1.82, 2.24) is 4.90 Å². The van der Waals surface area contributed by atoms with Gasteiger partial charge < -0.3 is 14.9 Å². The van der Waals surface area contributed by atoms with Gasteiger partial charge in [0, 0.05) is 20.1 Å². The van der Waals surface area contributed by atoms with Crippen LogP contribution in [0, 0.1) is 5.82 Å². The lowest BCUT2D eigenvalue weighted by molar-refractivity contribution is -0.127. The monoisotopic (exact) mass is 266 g/mol. The van der Waals surface area contributed by atoms with Gasteiger partial charge in [-0.2, -0.15) is 0 Å². The number of rotatable bonds is 2. The molecule has 1 heterocycles. The van der Waals surface area contributed by atoms with Crippen LogP contribution in [0.25, 0.3) is 0 Å². The molecule has 0 aliphatic carbocycles. The van der Waals surface area contributed by atoms with Crippen LogP contribution in [0.4, 0.5) is 10.1 Å². The zero-order valence-electron chi connectivity index (χ0n) is 11.3. The number of halogens is 1. The van der Waals surface area contributed by atoms with Crippen LogP contribution in [0.5, 0.6) is 0 Å². The maximum atomic E-state index is 14.1. The maximum absolute atomic E-state index is 14.1. The Hall–Kier alpha value is -1.62. The zero-order valence-corrected chi connectivity index (χ0v) is 11.3. The largest absolute Gasteiger partial charge is 0.389 e. The second-order valence-corrected chi connectivity index (χ2v) is 4.98. The highest BCUT2D eigenvalue weighted by Crippen LogP contribution is 2.24. The molecule has 2 rings (SSSR count). The van der Waals surface area contributed by atoms with Crippen molar-refractivity contribution in [2.24, 2.45) is 0 Å². The molecule has 19 heavy (non-hydrogen) atoms. The average Bonchev–Trinajstić information content (AvgIpc) is 2.52. The number of aliphatic hydroxyl groups excluding tert-OH is 1. The first kappa shape index (κ1) is 13.8. The number of benzene rings is 1. The predicted molar refractivity (Wildman–Crippen MR) is 71.5 cm³/mol. The molecule has 5 heteroatoms. The lowest BCUT2D eigenvalue weighted by Crippen LogP contribution is -2.34. The molecule has 1 fully saturated rings. The third-order valence-corrected chi connectivity index (χ3v) is 3.47. The zero-order chi connectivity index (χ0) is 14.0. The molecule has 4 nitrogen and oxygen atoms in total. The Morgan fingerprint density at radius 3 is 2.74 bits per heavy atom. The molecular formula is C14H19FN2O2. The first-order valence-corrected chi connectivity index (χ1v) is 6.45. The van der Waals surface area contributed by atoms with Crippen molar-refractivity contribution in [3.05, 3.63) is 29.6 Å². The number of carbonyl (C=O) groups is 1. The molecule has 0 radical (unpaired) electrons. The average molecular weight is 266 g/mol. The number of anilines is 1. The molecule has 0 saturated carbocycles. The topological polar surface area (TPSA) is 43.8 Å². The molecule has 1 aromatic carbocycles. The van der Waals surface area contributed by atoms with Crippen molar-refractivity contribution in [2.75, 3.05) is 31.6 Å². The minimum absolute atomic E-state index is 0.00324. The summed E-state index contributed by atoms with van der Waals surface area (Å²) in [6, 6.07) is 4.66. The van der Waals surface area contributed by atoms with Crippen molar-refractivity contribution in [3.63, 3.8) is 0 Å². The predicted octanol–water partition coefficient (Wildman–Crippen LogP) is 1.55. The van der Waals surface area contributed by atoms with Gasteiger partial charge in [-0.25, -0.2) is 4.39 Å². The van der Waals surface area contributed by atoms with Crippen molar-refractivity contribution < 1.29 is 14.3 Å². The van der Waals surface area contributed by atoms with Crippen LogP contribution >= 0.6 is 0 Å². The molecule has 0 spiro atoms. The van der Waals surface area contributed by atoms with Gasteiger partial charge in [0.2, 0.25) is 5.91 Å². The van der Waals surface area contributed by atoms with Gasteiger partial charge in [0.05, 0.1) is 18.3 Å². The van der Waals surface area contributed by atoms with Gasteiger partial charge in [-0.1, -0.05) is 6.07 Å². The smallest absolute Gasteiger partial charge is 0.241 e. The molecule has 1 unspecified atom stereocenters. The highest BCUT2D eigenvalue weighted by atomic mass is 19.1. The SMILES string of the molecule is CC(O)c1ccc(N2CCCN(C)C(=O)C2)c(F)c1. The van der Waals surface area contributed by atoms with Crippen molar-refractivity contribution >= 4 is 11.6 Å². The summed E-state index contributed by atoms with van der Waals surface area (Å²) in [6.07, 6.45) is 0.125. The number of carbonyl (C=O) groups excluding carboxylic acids is 1. The van der Waals surface area contributed by atoms with Crippen molar-refractivity contribution in [3.8, 4) is 0 Å². The van der Waals surface area contributed by atoms with Crippen LogP contribution < -0.4 is 4.90 Å². The normalized spacial score (nSPS) is 18.4. The van der Waals surface area contributed by atoms with Gasteiger partial charge in [-0.15, -0.1) is 0 Å². The van der Waals surface area contributed by atoms with Crippen LogP contribution in [0.15, 0.2) is 18.2 Å². The second kappa shape index (κ2) is 5.57. The summed E-state index contributed by atoms with van der Waals surface area (Å²) >= 11 is 0. The second-order valence-electron chi connectivity index (χ2n) is 4.98. The number of amides is 1. The molecule has 1 amide bonds. The first-order valence-electron chi connectivity index (χ1n) is 6.45. The van der Waals surface area contributed by atoms with E-state index in [2.05, 4.69) is 0 Å². The van der Waals surface area contributed by atoms with Gasteiger partial charge in [0.25, 0.3) is 0 Å².